The van der Waals surface area contributed by atoms with Crippen molar-refractivity contribution in [3.8, 4) is 5.75 Å². The van der Waals surface area contributed by atoms with Crippen molar-refractivity contribution in [3.05, 3.63) is 36.2 Å². The highest BCUT2D eigenvalue weighted by Gasteiger charge is 2.16. The molecule has 0 saturated heterocycles. The van der Waals surface area contributed by atoms with Crippen LogP contribution in [0.1, 0.15) is 45.2 Å². The second-order valence-electron chi connectivity index (χ2n) is 7.94. The Labute approximate surface area is 189 Å². The Morgan fingerprint density at radius 1 is 1.12 bits per heavy atom. The van der Waals surface area contributed by atoms with Crippen LogP contribution in [0, 0.1) is 0 Å². The summed E-state index contributed by atoms with van der Waals surface area (Å²) in [5.74, 6) is 1.97. The molecule has 0 aliphatic carbocycles. The van der Waals surface area contributed by atoms with Gasteiger partial charge in [0, 0.05) is 32.7 Å². The number of aromatic nitrogens is 4. The number of aliphatic hydroxyl groups excluding tert-OH is 1. The molecule has 0 spiro atoms. The van der Waals surface area contributed by atoms with E-state index in [4.69, 9.17) is 9.47 Å². The van der Waals surface area contributed by atoms with Gasteiger partial charge < -0.3 is 29.8 Å². The Morgan fingerprint density at radius 2 is 1.91 bits per heavy atom. The van der Waals surface area contributed by atoms with Crippen LogP contribution < -0.4 is 15.4 Å². The molecule has 1 aromatic carbocycles. The first-order valence-electron chi connectivity index (χ1n) is 11.1. The number of hydrogen-bond acceptors (Lipinski definition) is 8. The topological polar surface area (TPSA) is 106 Å². The molecule has 0 amide bonds. The summed E-state index contributed by atoms with van der Waals surface area (Å²) in [4.78, 5) is 13.8. The van der Waals surface area contributed by atoms with Gasteiger partial charge in [-0.3, -0.25) is 0 Å². The first-order chi connectivity index (χ1) is 15.5. The number of methoxy groups -OCH3 is 1. The van der Waals surface area contributed by atoms with Gasteiger partial charge >= 0.3 is 0 Å². The van der Waals surface area contributed by atoms with Crippen LogP contribution in [0.3, 0.4) is 0 Å². The van der Waals surface area contributed by atoms with Crippen molar-refractivity contribution >= 4 is 22.9 Å². The van der Waals surface area contributed by atoms with Crippen LogP contribution >= 0.6 is 0 Å². The van der Waals surface area contributed by atoms with Gasteiger partial charge in [0.25, 0.3) is 0 Å². The highest BCUT2D eigenvalue weighted by molar-refractivity contribution is 5.84. The van der Waals surface area contributed by atoms with E-state index in [1.54, 1.807) is 13.4 Å². The average molecular weight is 443 g/mol. The van der Waals surface area contributed by atoms with E-state index in [-0.39, 0.29) is 18.7 Å². The molecule has 32 heavy (non-hydrogen) atoms. The highest BCUT2D eigenvalue weighted by Crippen LogP contribution is 2.24. The molecule has 0 aliphatic rings. The average Bonchev–Trinajstić information content (AvgIpc) is 3.24. The summed E-state index contributed by atoms with van der Waals surface area (Å²) in [7, 11) is 1.69. The van der Waals surface area contributed by atoms with Crippen molar-refractivity contribution in [2.24, 2.45) is 0 Å². The predicted molar refractivity (Wildman–Crippen MR) is 126 cm³/mol. The van der Waals surface area contributed by atoms with Gasteiger partial charge in [0.05, 0.1) is 25.6 Å². The van der Waals surface area contributed by atoms with Gasteiger partial charge in [-0.1, -0.05) is 19.1 Å². The van der Waals surface area contributed by atoms with E-state index in [1.807, 2.05) is 35.8 Å². The summed E-state index contributed by atoms with van der Waals surface area (Å²) >= 11 is 0. The fraction of sp³-hybridized carbons (Fsp3) is 0.522. The molecule has 3 aromatic rings. The van der Waals surface area contributed by atoms with Gasteiger partial charge in [-0.25, -0.2) is 4.98 Å². The Kier molecular flexibility index (Phi) is 8.64. The fourth-order valence-corrected chi connectivity index (χ4v) is 3.22. The van der Waals surface area contributed by atoms with Gasteiger partial charge in [0.2, 0.25) is 5.95 Å². The third-order valence-corrected chi connectivity index (χ3v) is 5.17. The molecule has 0 unspecified atom stereocenters. The minimum Gasteiger partial charge on any atom is -0.494 e. The zero-order valence-corrected chi connectivity index (χ0v) is 19.3. The summed E-state index contributed by atoms with van der Waals surface area (Å²) in [6.45, 7) is 8.11. The number of fused-ring (bicyclic) bond motifs is 1. The summed E-state index contributed by atoms with van der Waals surface area (Å²) in [6.07, 6.45) is 3.42. The van der Waals surface area contributed by atoms with Crippen molar-refractivity contribution in [2.75, 3.05) is 37.6 Å². The monoisotopic (exact) mass is 442 g/mol. The van der Waals surface area contributed by atoms with E-state index in [1.165, 1.54) is 0 Å². The van der Waals surface area contributed by atoms with Crippen LogP contribution in [0.15, 0.2) is 30.6 Å². The number of ether oxygens (including phenoxy) is 2. The van der Waals surface area contributed by atoms with Gasteiger partial charge in [-0.2, -0.15) is 9.97 Å². The zero-order chi connectivity index (χ0) is 22.9. The van der Waals surface area contributed by atoms with E-state index in [2.05, 4.69) is 39.4 Å². The number of nitrogens with one attached hydrogen (secondary N) is 2. The minimum atomic E-state index is -0.104. The Balaban J connectivity index is 1.75. The number of nitrogens with zero attached hydrogens (tertiary/aromatic N) is 4. The second-order valence-corrected chi connectivity index (χ2v) is 7.94. The van der Waals surface area contributed by atoms with E-state index in [9.17, 15) is 5.11 Å². The van der Waals surface area contributed by atoms with Gasteiger partial charge in [0.15, 0.2) is 17.0 Å². The Bertz CT molecular complexity index is 970. The van der Waals surface area contributed by atoms with Crippen molar-refractivity contribution < 1.29 is 14.6 Å². The number of benzene rings is 1. The number of anilines is 2. The van der Waals surface area contributed by atoms with E-state index in [0.29, 0.717) is 31.5 Å². The first kappa shape index (κ1) is 23.7. The lowest BCUT2D eigenvalue weighted by Gasteiger charge is -2.16. The first-order valence-corrected chi connectivity index (χ1v) is 11.1. The molecule has 0 fully saturated rings. The number of rotatable bonds is 13. The lowest BCUT2D eigenvalue weighted by Crippen LogP contribution is -2.24. The molecule has 1 atom stereocenters. The normalized spacial score (nSPS) is 12.3. The summed E-state index contributed by atoms with van der Waals surface area (Å²) < 4.78 is 12.8. The fourth-order valence-electron chi connectivity index (χ4n) is 3.22. The smallest absolute Gasteiger partial charge is 0.227 e. The third kappa shape index (κ3) is 6.08. The lowest BCUT2D eigenvalue weighted by molar-refractivity contribution is 0.172. The molecule has 9 nitrogen and oxygen atoms in total. The maximum absolute atomic E-state index is 9.56. The molecule has 3 N–H and O–H groups in total. The summed E-state index contributed by atoms with van der Waals surface area (Å²) in [6, 6.07) is 8.10. The number of aliphatic hydroxyl groups is 1. The lowest BCUT2D eigenvalue weighted by atomic mass is 10.2. The Morgan fingerprint density at radius 3 is 2.56 bits per heavy atom. The minimum absolute atomic E-state index is 0.0178. The molecule has 9 heteroatoms. The maximum atomic E-state index is 9.56. The summed E-state index contributed by atoms with van der Waals surface area (Å²) in [5, 5.41) is 16.2. The van der Waals surface area contributed by atoms with Gasteiger partial charge in [-0.05, 0) is 38.0 Å². The molecular weight excluding hydrogens is 408 g/mol. The van der Waals surface area contributed by atoms with Gasteiger partial charge in [-0.15, -0.1) is 0 Å². The molecule has 174 valence electrons. The molecular formula is C23H34N6O3. The quantitative estimate of drug-likeness (QED) is 0.345. The number of hydrogen-bond donors (Lipinski definition) is 3. The van der Waals surface area contributed by atoms with Crippen LogP contribution in [0.2, 0.25) is 0 Å². The predicted octanol–water partition coefficient (Wildman–Crippen LogP) is 3.62. The van der Waals surface area contributed by atoms with Crippen LogP contribution in [0.5, 0.6) is 5.75 Å². The Hall–Kier alpha value is -2.91. The van der Waals surface area contributed by atoms with Crippen molar-refractivity contribution in [3.63, 3.8) is 0 Å². The van der Waals surface area contributed by atoms with Crippen LogP contribution in [0.25, 0.3) is 11.2 Å². The molecule has 2 heterocycles. The molecule has 0 aliphatic heterocycles. The largest absolute Gasteiger partial charge is 0.494 e. The summed E-state index contributed by atoms with van der Waals surface area (Å²) in [5.41, 5.74) is 2.58. The van der Waals surface area contributed by atoms with Crippen LogP contribution in [0.4, 0.5) is 11.8 Å². The molecule has 2 aromatic heterocycles. The number of imidazole rings is 1. The SMILES string of the molecule is CC[C@H](CO)Nc1nc(NCc2ccc(OCCCOC)cc2)c2ncn(C(C)C)c2n1. The van der Waals surface area contributed by atoms with Crippen molar-refractivity contribution in [2.45, 2.75) is 52.2 Å². The molecule has 0 bridgehead atoms. The standard InChI is InChI=1S/C23H34N6O3/c1-5-18(14-30)26-23-27-21(20-22(28-23)29(15-25-20)16(2)3)24-13-17-7-9-19(10-8-17)32-12-6-11-31-4/h7-10,15-16,18,30H,5-6,11-14H2,1-4H3,(H2,24,26,27,28)/t18-/m1/s1. The molecule has 0 saturated carbocycles. The second kappa shape index (κ2) is 11.6. The molecule has 3 rings (SSSR count). The van der Waals surface area contributed by atoms with Crippen molar-refractivity contribution in [1.29, 1.82) is 0 Å². The zero-order valence-electron chi connectivity index (χ0n) is 19.3. The molecule has 0 radical (unpaired) electrons. The van der Waals surface area contributed by atoms with Crippen LogP contribution in [-0.4, -0.2) is 57.6 Å². The third-order valence-electron chi connectivity index (χ3n) is 5.17. The van der Waals surface area contributed by atoms with E-state index >= 15 is 0 Å². The van der Waals surface area contributed by atoms with E-state index < -0.39 is 0 Å². The van der Waals surface area contributed by atoms with Crippen LogP contribution in [-0.2, 0) is 11.3 Å². The highest BCUT2D eigenvalue weighted by atomic mass is 16.5. The maximum Gasteiger partial charge on any atom is 0.227 e. The van der Waals surface area contributed by atoms with Gasteiger partial charge in [0.1, 0.15) is 5.75 Å². The van der Waals surface area contributed by atoms with E-state index in [0.717, 1.165) is 35.3 Å². The van der Waals surface area contributed by atoms with Crippen molar-refractivity contribution in [1.82, 2.24) is 19.5 Å².